The summed E-state index contributed by atoms with van der Waals surface area (Å²) in [6.45, 7) is 0.718. The number of benzene rings is 1. The monoisotopic (exact) mass is 310 g/mol. The molecule has 1 aliphatic carbocycles. The lowest BCUT2D eigenvalue weighted by Crippen LogP contribution is -2.27. The van der Waals surface area contributed by atoms with Crippen LogP contribution in [0.25, 0.3) is 0 Å². The van der Waals surface area contributed by atoms with Gasteiger partial charge in [0.1, 0.15) is 0 Å². The molecule has 0 spiro atoms. The average molecular weight is 311 g/mol. The number of carbonyl (C=O) groups excluding carboxylic acids is 1. The van der Waals surface area contributed by atoms with Gasteiger partial charge in [0.15, 0.2) is 0 Å². The molecule has 3 N–H and O–H groups in total. The number of amides is 1. The number of nitrogens with one attached hydrogen (secondary N) is 1. The molecule has 1 aromatic rings. The maximum atomic E-state index is 11.9. The van der Waals surface area contributed by atoms with Crippen LogP contribution in [-0.2, 0) is 11.2 Å². The van der Waals surface area contributed by atoms with Crippen LogP contribution >= 0.6 is 12.4 Å². The molecule has 1 saturated carbocycles. The topological polar surface area (TPSA) is 55.1 Å². The van der Waals surface area contributed by atoms with Gasteiger partial charge in [-0.25, -0.2) is 0 Å². The first-order valence-electron chi connectivity index (χ1n) is 7.85. The third-order valence-corrected chi connectivity index (χ3v) is 4.16. The summed E-state index contributed by atoms with van der Waals surface area (Å²) >= 11 is 0. The first kappa shape index (κ1) is 17.8. The average Bonchev–Trinajstić information content (AvgIpc) is 2.70. The molecule has 1 fully saturated rings. The van der Waals surface area contributed by atoms with E-state index in [0.29, 0.717) is 12.3 Å². The highest BCUT2D eigenvalue weighted by Gasteiger charge is 2.15. The first-order valence-corrected chi connectivity index (χ1v) is 7.85. The maximum Gasteiger partial charge on any atom is 0.220 e. The van der Waals surface area contributed by atoms with Crippen molar-refractivity contribution in [3.8, 4) is 0 Å². The summed E-state index contributed by atoms with van der Waals surface area (Å²) in [6.07, 6.45) is 9.31. The molecule has 3 nitrogen and oxygen atoms in total. The Kier molecular flexibility index (Phi) is 8.21. The molecule has 21 heavy (non-hydrogen) atoms. The first-order chi connectivity index (χ1) is 9.74. The Morgan fingerprint density at radius 1 is 1.10 bits per heavy atom. The number of nitrogens with two attached hydrogens (primary N) is 1. The molecule has 0 radical (unpaired) electrons. The van der Waals surface area contributed by atoms with Gasteiger partial charge in [-0.2, -0.15) is 0 Å². The van der Waals surface area contributed by atoms with Crippen LogP contribution in [-0.4, -0.2) is 12.5 Å². The van der Waals surface area contributed by atoms with Gasteiger partial charge in [0, 0.05) is 18.7 Å². The van der Waals surface area contributed by atoms with Crippen LogP contribution in [0.4, 0.5) is 5.69 Å². The van der Waals surface area contributed by atoms with Crippen LogP contribution in [0.2, 0.25) is 0 Å². The molecular formula is C17H27ClN2O. The van der Waals surface area contributed by atoms with Gasteiger partial charge in [-0.15, -0.1) is 12.4 Å². The van der Waals surface area contributed by atoms with Gasteiger partial charge in [0.05, 0.1) is 0 Å². The van der Waals surface area contributed by atoms with Gasteiger partial charge in [-0.1, -0.05) is 37.8 Å². The van der Waals surface area contributed by atoms with Crippen molar-refractivity contribution in [1.29, 1.82) is 0 Å². The van der Waals surface area contributed by atoms with E-state index in [2.05, 4.69) is 5.32 Å². The van der Waals surface area contributed by atoms with E-state index in [-0.39, 0.29) is 18.3 Å². The van der Waals surface area contributed by atoms with Crippen LogP contribution in [0.15, 0.2) is 24.3 Å². The van der Waals surface area contributed by atoms with Crippen molar-refractivity contribution in [1.82, 2.24) is 5.32 Å². The summed E-state index contributed by atoms with van der Waals surface area (Å²) in [7, 11) is 0. The van der Waals surface area contributed by atoms with E-state index in [1.54, 1.807) is 0 Å². The number of hydrogen-bond donors (Lipinski definition) is 2. The molecule has 0 unspecified atom stereocenters. The van der Waals surface area contributed by atoms with Crippen LogP contribution in [0.3, 0.4) is 0 Å². The van der Waals surface area contributed by atoms with Gasteiger partial charge >= 0.3 is 0 Å². The zero-order chi connectivity index (χ0) is 14.2. The zero-order valence-corrected chi connectivity index (χ0v) is 13.5. The predicted octanol–water partition coefficient (Wildman–Crippen LogP) is 3.71. The summed E-state index contributed by atoms with van der Waals surface area (Å²) in [5.74, 6) is 0.821. The van der Waals surface area contributed by atoms with E-state index in [9.17, 15) is 4.79 Å². The van der Waals surface area contributed by atoms with E-state index in [4.69, 9.17) is 5.73 Å². The number of hydrogen-bond acceptors (Lipinski definition) is 2. The number of halogens is 1. The lowest BCUT2D eigenvalue weighted by Gasteiger charge is -2.13. The molecule has 1 aliphatic rings. The molecule has 1 aromatic carbocycles. The largest absolute Gasteiger partial charge is 0.399 e. The Morgan fingerprint density at radius 3 is 2.33 bits per heavy atom. The highest BCUT2D eigenvalue weighted by molar-refractivity contribution is 5.85. The van der Waals surface area contributed by atoms with E-state index in [1.165, 1.54) is 44.1 Å². The summed E-state index contributed by atoms with van der Waals surface area (Å²) in [6, 6.07) is 7.85. The molecule has 1 amide bonds. The Morgan fingerprint density at radius 2 is 1.71 bits per heavy atom. The van der Waals surface area contributed by atoms with Crippen molar-refractivity contribution in [3.63, 3.8) is 0 Å². The second kappa shape index (κ2) is 9.67. The fraction of sp³-hybridized carbons (Fsp3) is 0.588. The van der Waals surface area contributed by atoms with Gasteiger partial charge in [-0.05, 0) is 42.9 Å². The molecule has 0 saturated heterocycles. The molecule has 0 aliphatic heterocycles. The minimum Gasteiger partial charge on any atom is -0.399 e. The summed E-state index contributed by atoms with van der Waals surface area (Å²) in [5, 5.41) is 3.04. The molecule has 2 rings (SSSR count). The van der Waals surface area contributed by atoms with Crippen molar-refractivity contribution >= 4 is 24.0 Å². The van der Waals surface area contributed by atoms with Crippen molar-refractivity contribution in [2.24, 2.45) is 5.92 Å². The number of anilines is 1. The van der Waals surface area contributed by atoms with Crippen LogP contribution < -0.4 is 11.1 Å². The van der Waals surface area contributed by atoms with Crippen molar-refractivity contribution < 1.29 is 4.79 Å². The van der Waals surface area contributed by atoms with Gasteiger partial charge in [0.25, 0.3) is 0 Å². The molecule has 0 bridgehead atoms. The SMILES string of the molecule is Cl.Nc1ccc(CCNC(=O)CC2CCCCCC2)cc1. The quantitative estimate of drug-likeness (QED) is 0.643. The van der Waals surface area contributed by atoms with Crippen LogP contribution in [0.1, 0.15) is 50.5 Å². The number of carbonyl (C=O) groups is 1. The third-order valence-electron chi connectivity index (χ3n) is 4.16. The second-order valence-electron chi connectivity index (χ2n) is 5.90. The fourth-order valence-corrected chi connectivity index (χ4v) is 2.93. The predicted molar refractivity (Wildman–Crippen MR) is 90.6 cm³/mol. The smallest absolute Gasteiger partial charge is 0.220 e. The zero-order valence-electron chi connectivity index (χ0n) is 12.6. The molecule has 0 heterocycles. The Labute approximate surface area is 134 Å². The summed E-state index contributed by atoms with van der Waals surface area (Å²) in [5.41, 5.74) is 7.65. The van der Waals surface area contributed by atoms with Crippen molar-refractivity contribution in [2.45, 2.75) is 51.4 Å². The van der Waals surface area contributed by atoms with E-state index < -0.39 is 0 Å². The van der Waals surface area contributed by atoms with Gasteiger partial charge in [-0.3, -0.25) is 4.79 Å². The third kappa shape index (κ3) is 6.85. The Balaban J connectivity index is 0.00000220. The lowest BCUT2D eigenvalue weighted by atomic mass is 9.96. The summed E-state index contributed by atoms with van der Waals surface area (Å²) < 4.78 is 0. The molecule has 0 aromatic heterocycles. The molecule has 118 valence electrons. The highest BCUT2D eigenvalue weighted by Crippen LogP contribution is 2.25. The Bertz CT molecular complexity index is 411. The van der Waals surface area contributed by atoms with E-state index >= 15 is 0 Å². The van der Waals surface area contributed by atoms with Gasteiger partial charge < -0.3 is 11.1 Å². The molecule has 4 heteroatoms. The van der Waals surface area contributed by atoms with Crippen molar-refractivity contribution in [2.75, 3.05) is 12.3 Å². The number of nitrogen functional groups attached to an aromatic ring is 1. The fourth-order valence-electron chi connectivity index (χ4n) is 2.93. The maximum absolute atomic E-state index is 11.9. The molecule has 0 atom stereocenters. The van der Waals surface area contributed by atoms with E-state index in [0.717, 1.165) is 18.7 Å². The molecular weight excluding hydrogens is 284 g/mol. The standard InChI is InChI=1S/C17H26N2O.ClH/c18-16-9-7-14(8-10-16)11-12-19-17(20)13-15-5-3-1-2-4-6-15;/h7-10,15H,1-6,11-13,18H2,(H,19,20);1H. The van der Waals surface area contributed by atoms with Crippen LogP contribution in [0.5, 0.6) is 0 Å². The number of rotatable bonds is 5. The van der Waals surface area contributed by atoms with E-state index in [1.807, 2.05) is 24.3 Å². The van der Waals surface area contributed by atoms with Crippen LogP contribution in [0, 0.1) is 5.92 Å². The van der Waals surface area contributed by atoms with Gasteiger partial charge in [0.2, 0.25) is 5.91 Å². The lowest BCUT2D eigenvalue weighted by molar-refractivity contribution is -0.122. The highest BCUT2D eigenvalue weighted by atomic mass is 35.5. The minimum absolute atomic E-state index is 0. The minimum atomic E-state index is 0. The van der Waals surface area contributed by atoms with Crippen molar-refractivity contribution in [3.05, 3.63) is 29.8 Å². The Hall–Kier alpha value is -1.22. The second-order valence-corrected chi connectivity index (χ2v) is 5.90. The summed E-state index contributed by atoms with van der Waals surface area (Å²) in [4.78, 5) is 11.9. The normalized spacial score (nSPS) is 15.8.